The fraction of sp³-hybridized carbons (Fsp3) is 0.278. The summed E-state index contributed by atoms with van der Waals surface area (Å²) in [5.41, 5.74) is 7.85. The highest BCUT2D eigenvalue weighted by atomic mass is 32.2. The molecule has 0 aromatic heterocycles. The molecule has 0 fully saturated rings. The van der Waals surface area contributed by atoms with Crippen LogP contribution in [0.4, 0.5) is 0 Å². The second kappa shape index (κ2) is 8.01. The fourth-order valence-electron chi connectivity index (χ4n) is 2.13. The smallest absolute Gasteiger partial charge is 0.252 e. The molecule has 0 bridgehead atoms. The van der Waals surface area contributed by atoms with Crippen LogP contribution in [0.25, 0.3) is 0 Å². The van der Waals surface area contributed by atoms with Gasteiger partial charge in [-0.05, 0) is 17.7 Å². The van der Waals surface area contributed by atoms with Crippen LogP contribution in [-0.4, -0.2) is 17.7 Å². The maximum atomic E-state index is 12.4. The number of thioether (sulfide) groups is 1. The first-order valence-corrected chi connectivity index (χ1v) is 8.30. The number of benzene rings is 2. The summed E-state index contributed by atoms with van der Waals surface area (Å²) >= 11 is 1.69. The van der Waals surface area contributed by atoms with Crippen LogP contribution >= 0.6 is 11.8 Å². The normalized spacial score (nSPS) is 12.2. The van der Waals surface area contributed by atoms with Gasteiger partial charge in [0.2, 0.25) is 0 Å². The van der Waals surface area contributed by atoms with Crippen LogP contribution in [0.2, 0.25) is 0 Å². The number of hydrogen-bond donors (Lipinski definition) is 2. The molecule has 0 radical (unpaired) electrons. The third kappa shape index (κ3) is 4.61. The summed E-state index contributed by atoms with van der Waals surface area (Å²) in [5, 5.41) is 3.36. The lowest BCUT2D eigenvalue weighted by Crippen LogP contribution is -2.32. The third-order valence-electron chi connectivity index (χ3n) is 3.20. The van der Waals surface area contributed by atoms with Gasteiger partial charge in [-0.15, -0.1) is 11.8 Å². The van der Waals surface area contributed by atoms with Gasteiger partial charge in [-0.25, -0.2) is 0 Å². The van der Waals surface area contributed by atoms with Gasteiger partial charge >= 0.3 is 0 Å². The Labute approximate surface area is 136 Å². The molecule has 0 aliphatic carbocycles. The Morgan fingerprint density at radius 1 is 1.09 bits per heavy atom. The standard InChI is InChI=1S/C18H22N2OS/c1-13(2)22-17-11-7-6-10-15(17)18(21)20-12-16(19)14-8-4-3-5-9-14/h3-11,13,16H,12,19H2,1-2H3,(H,20,21). The number of carbonyl (C=O) groups excluding carboxylic acids is 1. The van der Waals surface area contributed by atoms with E-state index in [2.05, 4.69) is 19.2 Å². The molecule has 3 N–H and O–H groups in total. The molecular weight excluding hydrogens is 292 g/mol. The quantitative estimate of drug-likeness (QED) is 0.801. The Kier molecular flexibility index (Phi) is 6.04. The van der Waals surface area contributed by atoms with Gasteiger partial charge in [0.05, 0.1) is 5.56 Å². The molecule has 0 heterocycles. The average molecular weight is 314 g/mol. The molecule has 1 unspecified atom stereocenters. The van der Waals surface area contributed by atoms with E-state index in [0.717, 1.165) is 10.5 Å². The lowest BCUT2D eigenvalue weighted by molar-refractivity contribution is 0.0948. The second-order valence-electron chi connectivity index (χ2n) is 5.39. The molecule has 22 heavy (non-hydrogen) atoms. The lowest BCUT2D eigenvalue weighted by Gasteiger charge is -2.15. The minimum Gasteiger partial charge on any atom is -0.350 e. The van der Waals surface area contributed by atoms with Crippen molar-refractivity contribution < 1.29 is 4.79 Å². The summed E-state index contributed by atoms with van der Waals surface area (Å²) in [6.07, 6.45) is 0. The third-order valence-corrected chi connectivity index (χ3v) is 4.29. The maximum absolute atomic E-state index is 12.4. The Bertz CT molecular complexity index is 613. The van der Waals surface area contributed by atoms with Crippen LogP contribution in [0, 0.1) is 0 Å². The van der Waals surface area contributed by atoms with E-state index in [0.29, 0.717) is 17.4 Å². The van der Waals surface area contributed by atoms with Gasteiger partial charge in [-0.1, -0.05) is 56.3 Å². The van der Waals surface area contributed by atoms with Crippen molar-refractivity contribution in [2.24, 2.45) is 5.73 Å². The van der Waals surface area contributed by atoms with Gasteiger partial charge in [0, 0.05) is 22.7 Å². The van der Waals surface area contributed by atoms with Gasteiger partial charge in [-0.3, -0.25) is 4.79 Å². The lowest BCUT2D eigenvalue weighted by atomic mass is 10.1. The molecule has 1 amide bonds. The van der Waals surface area contributed by atoms with Crippen molar-refractivity contribution >= 4 is 17.7 Å². The summed E-state index contributed by atoms with van der Waals surface area (Å²) in [4.78, 5) is 13.4. The number of carbonyl (C=O) groups is 1. The minimum absolute atomic E-state index is 0.0740. The maximum Gasteiger partial charge on any atom is 0.252 e. The zero-order valence-electron chi connectivity index (χ0n) is 13.0. The predicted octanol–water partition coefficient (Wildman–Crippen LogP) is 3.62. The summed E-state index contributed by atoms with van der Waals surface area (Å²) in [6.45, 7) is 4.65. The van der Waals surface area contributed by atoms with Gasteiger partial charge in [-0.2, -0.15) is 0 Å². The molecule has 4 heteroatoms. The minimum atomic E-state index is -0.199. The van der Waals surface area contributed by atoms with E-state index in [1.807, 2.05) is 54.6 Å². The summed E-state index contributed by atoms with van der Waals surface area (Å²) < 4.78 is 0. The Morgan fingerprint density at radius 2 is 1.73 bits per heavy atom. The first-order chi connectivity index (χ1) is 10.6. The van der Waals surface area contributed by atoms with Crippen molar-refractivity contribution in [2.75, 3.05) is 6.54 Å². The van der Waals surface area contributed by atoms with Crippen molar-refractivity contribution in [1.29, 1.82) is 0 Å². The number of nitrogens with two attached hydrogens (primary N) is 1. The highest BCUT2D eigenvalue weighted by molar-refractivity contribution is 8.00. The molecule has 0 saturated carbocycles. The molecule has 0 saturated heterocycles. The van der Waals surface area contributed by atoms with E-state index in [4.69, 9.17) is 5.73 Å². The monoisotopic (exact) mass is 314 g/mol. The van der Waals surface area contributed by atoms with Gasteiger partial charge in [0.15, 0.2) is 0 Å². The van der Waals surface area contributed by atoms with Crippen LogP contribution in [0.15, 0.2) is 59.5 Å². The number of nitrogens with one attached hydrogen (secondary N) is 1. The van der Waals surface area contributed by atoms with Gasteiger partial charge in [0.25, 0.3) is 5.91 Å². The molecule has 0 spiro atoms. The Morgan fingerprint density at radius 3 is 2.41 bits per heavy atom. The molecule has 116 valence electrons. The van der Waals surface area contributed by atoms with Crippen LogP contribution in [-0.2, 0) is 0 Å². The molecular formula is C18H22N2OS. The van der Waals surface area contributed by atoms with Crippen LogP contribution < -0.4 is 11.1 Å². The molecule has 2 rings (SSSR count). The SMILES string of the molecule is CC(C)Sc1ccccc1C(=O)NCC(N)c1ccccc1. The van der Waals surface area contributed by atoms with Crippen LogP contribution in [0.1, 0.15) is 35.8 Å². The molecule has 2 aromatic carbocycles. The van der Waals surface area contributed by atoms with E-state index in [1.54, 1.807) is 11.8 Å². The zero-order chi connectivity index (χ0) is 15.9. The molecule has 3 nitrogen and oxygen atoms in total. The number of rotatable bonds is 6. The van der Waals surface area contributed by atoms with Gasteiger partial charge < -0.3 is 11.1 Å². The average Bonchev–Trinajstić information content (AvgIpc) is 2.53. The fourth-order valence-corrected chi connectivity index (χ4v) is 3.08. The molecule has 0 aliphatic heterocycles. The van der Waals surface area contributed by atoms with Gasteiger partial charge in [0.1, 0.15) is 0 Å². The summed E-state index contributed by atoms with van der Waals surface area (Å²) in [7, 11) is 0. The van der Waals surface area contributed by atoms with Crippen molar-refractivity contribution in [3.63, 3.8) is 0 Å². The first kappa shape index (κ1) is 16.6. The number of hydrogen-bond acceptors (Lipinski definition) is 3. The van der Waals surface area contributed by atoms with Crippen LogP contribution in [0.3, 0.4) is 0 Å². The van der Waals surface area contributed by atoms with Crippen molar-refractivity contribution in [3.05, 3.63) is 65.7 Å². The van der Waals surface area contributed by atoms with Crippen LogP contribution in [0.5, 0.6) is 0 Å². The number of amides is 1. The zero-order valence-corrected chi connectivity index (χ0v) is 13.8. The van der Waals surface area contributed by atoms with E-state index in [1.165, 1.54) is 0 Å². The van der Waals surface area contributed by atoms with E-state index in [-0.39, 0.29) is 11.9 Å². The second-order valence-corrected chi connectivity index (χ2v) is 7.01. The first-order valence-electron chi connectivity index (χ1n) is 7.42. The largest absolute Gasteiger partial charge is 0.350 e. The molecule has 0 aliphatic rings. The Hall–Kier alpha value is -1.78. The van der Waals surface area contributed by atoms with E-state index in [9.17, 15) is 4.79 Å². The van der Waals surface area contributed by atoms with Crippen molar-refractivity contribution in [1.82, 2.24) is 5.32 Å². The Balaban J connectivity index is 2.01. The summed E-state index contributed by atoms with van der Waals surface area (Å²) in [6, 6.07) is 17.3. The van der Waals surface area contributed by atoms with E-state index >= 15 is 0 Å². The highest BCUT2D eigenvalue weighted by Gasteiger charge is 2.13. The molecule has 1 atom stereocenters. The van der Waals surface area contributed by atoms with Crippen molar-refractivity contribution in [2.45, 2.75) is 30.0 Å². The van der Waals surface area contributed by atoms with Crippen molar-refractivity contribution in [3.8, 4) is 0 Å². The van der Waals surface area contributed by atoms with E-state index < -0.39 is 0 Å². The highest BCUT2D eigenvalue weighted by Crippen LogP contribution is 2.26. The summed E-state index contributed by atoms with van der Waals surface area (Å²) in [5.74, 6) is -0.0740. The molecule has 2 aromatic rings. The topological polar surface area (TPSA) is 55.1 Å². The predicted molar refractivity (Wildman–Crippen MR) is 93.1 cm³/mol.